The van der Waals surface area contributed by atoms with E-state index >= 15 is 0 Å². The van der Waals surface area contributed by atoms with Crippen molar-refractivity contribution < 1.29 is 5.48 Å². The van der Waals surface area contributed by atoms with Crippen molar-refractivity contribution in [3.8, 4) is 0 Å². The largest absolute Gasteiger partial charge is 0.412 e. The first kappa shape index (κ1) is 8.89. The highest BCUT2D eigenvalue weighted by Gasteiger charge is 1.37. The van der Waals surface area contributed by atoms with Crippen LogP contribution in [-0.4, -0.2) is 5.48 Å². The molecule has 32 valence electrons. The number of hydrogen-bond acceptors (Lipinski definition) is 0. The van der Waals surface area contributed by atoms with Crippen LogP contribution in [0.5, 0.6) is 0 Å². The molecule has 2 N–H and O–H groups in total. The van der Waals surface area contributed by atoms with E-state index in [4.69, 9.17) is 11.6 Å². The van der Waals surface area contributed by atoms with Crippen LogP contribution in [0.3, 0.4) is 0 Å². The van der Waals surface area contributed by atoms with Crippen LogP contribution in [0.1, 0.15) is 6.92 Å². The highest BCUT2D eigenvalue weighted by Crippen LogP contribution is 1.70. The van der Waals surface area contributed by atoms with Gasteiger partial charge in [-0.05, 0) is 12.5 Å². The van der Waals surface area contributed by atoms with Crippen LogP contribution in [0.15, 0.2) is 11.6 Å². The smallest absolute Gasteiger partial charge is 0.0000330 e. The lowest BCUT2D eigenvalue weighted by Gasteiger charge is -1.46. The van der Waals surface area contributed by atoms with Crippen LogP contribution >= 0.6 is 11.6 Å². The molecule has 0 unspecified atom stereocenters. The molecule has 0 bridgehead atoms. The average molecular weight is 94.5 g/mol. The van der Waals surface area contributed by atoms with Crippen molar-refractivity contribution in [1.82, 2.24) is 0 Å². The Hall–Kier alpha value is -0.0100. The predicted octanol–water partition coefficient (Wildman–Crippen LogP) is 0.934. The number of halogens is 1. The summed E-state index contributed by atoms with van der Waals surface area (Å²) in [5.41, 5.74) is 1.47. The molecule has 0 aromatic heterocycles. The normalized spacial score (nSPS) is 7.60. The van der Waals surface area contributed by atoms with E-state index < -0.39 is 0 Å². The highest BCUT2D eigenvalue weighted by atomic mass is 35.5. The van der Waals surface area contributed by atoms with Gasteiger partial charge in [0.15, 0.2) is 0 Å². The summed E-state index contributed by atoms with van der Waals surface area (Å²) in [5.74, 6) is 0. The van der Waals surface area contributed by atoms with Crippen molar-refractivity contribution in [1.29, 1.82) is 0 Å². The number of hydrogen-bond donors (Lipinski definition) is 0. The fourth-order valence-electron chi connectivity index (χ4n) is 0. The Labute approximate surface area is 36.6 Å². The summed E-state index contributed by atoms with van der Waals surface area (Å²) in [5, 5.41) is 0. The molecule has 0 spiro atoms. The SMILES string of the molecule is CC=CCl.O. The van der Waals surface area contributed by atoms with Gasteiger partial charge in [-0.25, -0.2) is 0 Å². The zero-order valence-corrected chi connectivity index (χ0v) is 3.79. The Bertz CT molecular complexity index is 22.1. The molecule has 0 saturated heterocycles. The average Bonchev–Trinajstić information content (AvgIpc) is 1.37. The van der Waals surface area contributed by atoms with E-state index in [1.165, 1.54) is 5.54 Å². The van der Waals surface area contributed by atoms with Gasteiger partial charge in [0.1, 0.15) is 0 Å². The van der Waals surface area contributed by atoms with Crippen LogP contribution in [0, 0.1) is 0 Å². The Morgan fingerprint density at radius 2 is 1.80 bits per heavy atom. The summed E-state index contributed by atoms with van der Waals surface area (Å²) in [7, 11) is 0. The van der Waals surface area contributed by atoms with Crippen molar-refractivity contribution in [2.45, 2.75) is 6.92 Å². The molecule has 0 aromatic carbocycles. The van der Waals surface area contributed by atoms with Gasteiger partial charge in [0.05, 0.1) is 0 Å². The molecule has 0 atom stereocenters. The lowest BCUT2D eigenvalue weighted by molar-refractivity contribution is 0.824. The maximum atomic E-state index is 5.01. The van der Waals surface area contributed by atoms with Gasteiger partial charge in [0.2, 0.25) is 0 Å². The minimum Gasteiger partial charge on any atom is -0.412 e. The summed E-state index contributed by atoms with van der Waals surface area (Å²) >= 11 is 5.01. The molecule has 0 heterocycles. The van der Waals surface area contributed by atoms with Gasteiger partial charge in [-0.2, -0.15) is 0 Å². The summed E-state index contributed by atoms with van der Waals surface area (Å²) in [6, 6.07) is 0. The van der Waals surface area contributed by atoms with E-state index in [0.717, 1.165) is 0 Å². The molecule has 0 aliphatic heterocycles. The molecular formula is C3H7ClO. The first-order valence-corrected chi connectivity index (χ1v) is 1.57. The molecule has 2 heteroatoms. The zero-order valence-electron chi connectivity index (χ0n) is 3.03. The van der Waals surface area contributed by atoms with Crippen molar-refractivity contribution >= 4 is 11.6 Å². The molecule has 0 aliphatic carbocycles. The summed E-state index contributed by atoms with van der Waals surface area (Å²) < 4.78 is 0. The van der Waals surface area contributed by atoms with Crippen LogP contribution in [0.2, 0.25) is 0 Å². The minimum absolute atomic E-state index is 0. The lowest BCUT2D eigenvalue weighted by atomic mass is 10.8. The van der Waals surface area contributed by atoms with E-state index in [9.17, 15) is 0 Å². The standard InChI is InChI=1S/C3H5Cl.H2O/c1-2-3-4;/h2-3H,1H3;1H2. The minimum atomic E-state index is 0. The first-order chi connectivity index (χ1) is 1.91. The monoisotopic (exact) mass is 94.0 g/mol. The van der Waals surface area contributed by atoms with Crippen molar-refractivity contribution in [3.05, 3.63) is 11.6 Å². The van der Waals surface area contributed by atoms with Crippen LogP contribution in [-0.2, 0) is 0 Å². The molecule has 0 fully saturated rings. The van der Waals surface area contributed by atoms with Crippen LogP contribution in [0.25, 0.3) is 0 Å². The predicted molar refractivity (Wildman–Crippen MR) is 24.3 cm³/mol. The second-order valence-electron chi connectivity index (χ2n) is 0.459. The Morgan fingerprint density at radius 3 is 1.80 bits per heavy atom. The third kappa shape index (κ3) is 16.1. The maximum Gasteiger partial charge on any atom is -0.0000330 e. The molecule has 1 nitrogen and oxygen atoms in total. The van der Waals surface area contributed by atoms with Crippen LogP contribution < -0.4 is 0 Å². The quantitative estimate of drug-likeness (QED) is 0.428. The molecule has 0 aliphatic rings. The number of allylic oxidation sites excluding steroid dienone is 1. The fourth-order valence-corrected chi connectivity index (χ4v) is 0. The second-order valence-corrected chi connectivity index (χ2v) is 0.711. The Morgan fingerprint density at radius 1 is 1.60 bits per heavy atom. The van der Waals surface area contributed by atoms with E-state index in [1.54, 1.807) is 6.08 Å². The van der Waals surface area contributed by atoms with E-state index in [-0.39, 0.29) is 5.48 Å². The number of rotatable bonds is 0. The maximum absolute atomic E-state index is 5.01. The van der Waals surface area contributed by atoms with E-state index in [0.29, 0.717) is 0 Å². The zero-order chi connectivity index (χ0) is 3.41. The van der Waals surface area contributed by atoms with Crippen molar-refractivity contribution in [2.75, 3.05) is 0 Å². The molecule has 5 heavy (non-hydrogen) atoms. The van der Waals surface area contributed by atoms with Crippen molar-refractivity contribution in [3.63, 3.8) is 0 Å². The van der Waals surface area contributed by atoms with Gasteiger partial charge in [-0.1, -0.05) is 17.7 Å². The highest BCUT2D eigenvalue weighted by molar-refractivity contribution is 6.25. The molecular weight excluding hydrogens is 87.5 g/mol. The molecule has 0 radical (unpaired) electrons. The topological polar surface area (TPSA) is 31.5 Å². The van der Waals surface area contributed by atoms with E-state index in [2.05, 4.69) is 0 Å². The van der Waals surface area contributed by atoms with Gasteiger partial charge in [0, 0.05) is 0 Å². The third-order valence-electron chi connectivity index (χ3n) is 0.126. The van der Waals surface area contributed by atoms with Gasteiger partial charge in [-0.3, -0.25) is 0 Å². The van der Waals surface area contributed by atoms with Gasteiger partial charge < -0.3 is 5.48 Å². The van der Waals surface area contributed by atoms with Crippen LogP contribution in [0.4, 0.5) is 0 Å². The van der Waals surface area contributed by atoms with Gasteiger partial charge >= 0.3 is 0 Å². The Balaban J connectivity index is 0. The van der Waals surface area contributed by atoms with Gasteiger partial charge in [-0.15, -0.1) is 0 Å². The Kier molecular flexibility index (Phi) is 16.0. The van der Waals surface area contributed by atoms with E-state index in [1.807, 2.05) is 6.92 Å². The lowest BCUT2D eigenvalue weighted by Crippen LogP contribution is -1.20. The second kappa shape index (κ2) is 9.01. The summed E-state index contributed by atoms with van der Waals surface area (Å²) in [6.45, 7) is 1.87. The molecule has 0 saturated carbocycles. The summed E-state index contributed by atoms with van der Waals surface area (Å²) in [6.07, 6.45) is 1.77. The summed E-state index contributed by atoms with van der Waals surface area (Å²) in [4.78, 5) is 0. The molecule has 0 rings (SSSR count). The fraction of sp³-hybridized carbons (Fsp3) is 0.333. The third-order valence-corrected chi connectivity index (χ3v) is 0.378. The van der Waals surface area contributed by atoms with Crippen molar-refractivity contribution in [2.24, 2.45) is 0 Å². The van der Waals surface area contributed by atoms with Gasteiger partial charge in [0.25, 0.3) is 0 Å². The molecule has 0 amide bonds. The first-order valence-electron chi connectivity index (χ1n) is 1.13. The molecule has 0 aromatic rings.